The summed E-state index contributed by atoms with van der Waals surface area (Å²) < 4.78 is 5.08. The van der Waals surface area contributed by atoms with Crippen LogP contribution in [0.1, 0.15) is 56.3 Å². The van der Waals surface area contributed by atoms with Gasteiger partial charge in [0.1, 0.15) is 4.88 Å². The van der Waals surface area contributed by atoms with Crippen molar-refractivity contribution in [3.8, 4) is 0 Å². The zero-order valence-corrected chi connectivity index (χ0v) is 16.2. The summed E-state index contributed by atoms with van der Waals surface area (Å²) in [5.41, 5.74) is 2.27. The molecule has 0 unspecified atom stereocenters. The fourth-order valence-electron chi connectivity index (χ4n) is 2.50. The molecule has 27 heavy (non-hydrogen) atoms. The van der Waals surface area contributed by atoms with Crippen molar-refractivity contribution in [1.82, 2.24) is 10.3 Å². The molecule has 0 radical (unpaired) electrons. The Morgan fingerprint density at radius 2 is 2.00 bits per heavy atom. The molecule has 2 N–H and O–H groups in total. The van der Waals surface area contributed by atoms with E-state index in [-0.39, 0.29) is 17.6 Å². The van der Waals surface area contributed by atoms with Crippen molar-refractivity contribution in [2.24, 2.45) is 0 Å². The Morgan fingerprint density at radius 3 is 2.67 bits per heavy atom. The van der Waals surface area contributed by atoms with E-state index in [1.54, 1.807) is 18.2 Å². The Balaban J connectivity index is 1.63. The van der Waals surface area contributed by atoms with E-state index in [1.807, 2.05) is 25.1 Å². The van der Waals surface area contributed by atoms with E-state index in [0.717, 1.165) is 16.3 Å². The zero-order chi connectivity index (χ0) is 19.4. The number of anilines is 1. The van der Waals surface area contributed by atoms with Gasteiger partial charge < -0.3 is 15.1 Å². The van der Waals surface area contributed by atoms with Crippen LogP contribution in [0.3, 0.4) is 0 Å². The third kappa shape index (κ3) is 4.62. The maximum atomic E-state index is 12.5. The first-order chi connectivity index (χ1) is 12.9. The van der Waals surface area contributed by atoms with Crippen molar-refractivity contribution in [1.29, 1.82) is 0 Å². The van der Waals surface area contributed by atoms with Crippen molar-refractivity contribution >= 4 is 28.8 Å². The standard InChI is InChI=1S/C20H21N3O3S/c1-12(2)20-22-13(3)17(27-20)19(25)21-11-14-6-4-7-15(10-14)23-18(24)16-8-5-9-26-16/h4-10,12H,11H2,1-3H3,(H,21,25)(H,23,24). The lowest BCUT2D eigenvalue weighted by Crippen LogP contribution is -2.22. The summed E-state index contributed by atoms with van der Waals surface area (Å²) >= 11 is 1.43. The molecular formula is C20H21N3O3S. The molecule has 140 valence electrons. The molecule has 0 aliphatic heterocycles. The molecule has 0 saturated carbocycles. The number of aryl methyl sites for hydroxylation is 1. The first-order valence-electron chi connectivity index (χ1n) is 8.63. The summed E-state index contributed by atoms with van der Waals surface area (Å²) in [7, 11) is 0. The van der Waals surface area contributed by atoms with Crippen LogP contribution in [0.5, 0.6) is 0 Å². The SMILES string of the molecule is Cc1nc(C(C)C)sc1C(=O)NCc1cccc(NC(=O)c2ccco2)c1. The highest BCUT2D eigenvalue weighted by Crippen LogP contribution is 2.24. The molecule has 3 aromatic rings. The smallest absolute Gasteiger partial charge is 0.291 e. The van der Waals surface area contributed by atoms with Gasteiger partial charge in [-0.1, -0.05) is 26.0 Å². The summed E-state index contributed by atoms with van der Waals surface area (Å²) in [4.78, 5) is 29.6. The van der Waals surface area contributed by atoms with Gasteiger partial charge in [-0.15, -0.1) is 11.3 Å². The zero-order valence-electron chi connectivity index (χ0n) is 15.4. The van der Waals surface area contributed by atoms with E-state index < -0.39 is 0 Å². The van der Waals surface area contributed by atoms with Crippen molar-refractivity contribution in [3.63, 3.8) is 0 Å². The van der Waals surface area contributed by atoms with Gasteiger partial charge in [-0.2, -0.15) is 0 Å². The quantitative estimate of drug-likeness (QED) is 0.663. The Labute approximate surface area is 161 Å². The number of amides is 2. The number of aromatic nitrogens is 1. The molecule has 0 aliphatic carbocycles. The molecule has 2 aromatic heterocycles. The highest BCUT2D eigenvalue weighted by atomic mass is 32.1. The molecule has 0 bridgehead atoms. The first kappa shape index (κ1) is 18.8. The molecule has 6 nitrogen and oxygen atoms in total. The van der Waals surface area contributed by atoms with Gasteiger partial charge in [-0.3, -0.25) is 9.59 Å². The fraction of sp³-hybridized carbons (Fsp3) is 0.250. The Morgan fingerprint density at radius 1 is 1.19 bits per heavy atom. The highest BCUT2D eigenvalue weighted by molar-refractivity contribution is 7.13. The van der Waals surface area contributed by atoms with E-state index in [0.29, 0.717) is 23.0 Å². The first-order valence-corrected chi connectivity index (χ1v) is 9.45. The van der Waals surface area contributed by atoms with Crippen LogP contribution in [0.4, 0.5) is 5.69 Å². The maximum absolute atomic E-state index is 12.5. The molecule has 2 amide bonds. The number of carbonyl (C=O) groups is 2. The van der Waals surface area contributed by atoms with Crippen LogP contribution >= 0.6 is 11.3 Å². The van der Waals surface area contributed by atoms with E-state index in [4.69, 9.17) is 4.42 Å². The number of hydrogen-bond donors (Lipinski definition) is 2. The minimum atomic E-state index is -0.317. The normalized spacial score (nSPS) is 10.8. The lowest BCUT2D eigenvalue weighted by molar-refractivity contribution is 0.0952. The Bertz CT molecular complexity index is 945. The molecular weight excluding hydrogens is 362 g/mol. The van der Waals surface area contributed by atoms with Gasteiger partial charge in [-0.05, 0) is 36.8 Å². The third-order valence-corrected chi connectivity index (χ3v) is 5.35. The van der Waals surface area contributed by atoms with Crippen LogP contribution in [-0.2, 0) is 6.54 Å². The number of rotatable bonds is 6. The number of furan rings is 1. The van der Waals surface area contributed by atoms with Gasteiger partial charge in [-0.25, -0.2) is 4.98 Å². The van der Waals surface area contributed by atoms with Gasteiger partial charge >= 0.3 is 0 Å². The van der Waals surface area contributed by atoms with Gasteiger partial charge in [0.25, 0.3) is 11.8 Å². The Kier molecular flexibility index (Phi) is 5.71. The average molecular weight is 383 g/mol. The topological polar surface area (TPSA) is 84.2 Å². The van der Waals surface area contributed by atoms with Crippen LogP contribution in [0.2, 0.25) is 0 Å². The highest BCUT2D eigenvalue weighted by Gasteiger charge is 2.16. The van der Waals surface area contributed by atoms with E-state index in [9.17, 15) is 9.59 Å². The predicted octanol–water partition coefficient (Wildman–Crippen LogP) is 4.35. The Hall–Kier alpha value is -2.93. The second kappa shape index (κ2) is 8.18. The van der Waals surface area contributed by atoms with Gasteiger partial charge in [0.15, 0.2) is 5.76 Å². The molecule has 0 saturated heterocycles. The molecule has 0 atom stereocenters. The summed E-state index contributed by atoms with van der Waals surface area (Å²) in [6.07, 6.45) is 1.45. The van der Waals surface area contributed by atoms with Crippen LogP contribution < -0.4 is 10.6 Å². The van der Waals surface area contributed by atoms with Crippen molar-refractivity contribution < 1.29 is 14.0 Å². The van der Waals surface area contributed by atoms with E-state index in [1.165, 1.54) is 17.6 Å². The molecule has 2 heterocycles. The van der Waals surface area contributed by atoms with E-state index >= 15 is 0 Å². The second-order valence-electron chi connectivity index (χ2n) is 6.44. The van der Waals surface area contributed by atoms with Gasteiger partial charge in [0.05, 0.1) is 17.0 Å². The van der Waals surface area contributed by atoms with Crippen LogP contribution in [0.15, 0.2) is 47.1 Å². The third-order valence-electron chi connectivity index (χ3n) is 3.90. The van der Waals surface area contributed by atoms with Crippen molar-refractivity contribution in [2.75, 3.05) is 5.32 Å². The molecule has 0 spiro atoms. The monoisotopic (exact) mass is 383 g/mol. The van der Waals surface area contributed by atoms with Gasteiger partial charge in [0, 0.05) is 18.2 Å². The van der Waals surface area contributed by atoms with Crippen molar-refractivity contribution in [3.05, 3.63) is 69.6 Å². The van der Waals surface area contributed by atoms with E-state index in [2.05, 4.69) is 29.5 Å². The number of carbonyl (C=O) groups excluding carboxylic acids is 2. The van der Waals surface area contributed by atoms with Crippen molar-refractivity contribution in [2.45, 2.75) is 33.2 Å². The number of thiazole rings is 1. The van der Waals surface area contributed by atoms with Crippen LogP contribution in [0, 0.1) is 6.92 Å². The summed E-state index contributed by atoms with van der Waals surface area (Å²) in [5.74, 6) is 0.0876. The van der Waals surface area contributed by atoms with Crippen LogP contribution in [-0.4, -0.2) is 16.8 Å². The number of benzene rings is 1. The largest absolute Gasteiger partial charge is 0.459 e. The average Bonchev–Trinajstić information content (AvgIpc) is 3.30. The molecule has 3 rings (SSSR count). The maximum Gasteiger partial charge on any atom is 0.291 e. The van der Waals surface area contributed by atoms with Crippen LogP contribution in [0.25, 0.3) is 0 Å². The lowest BCUT2D eigenvalue weighted by Gasteiger charge is -2.08. The fourth-order valence-corrected chi connectivity index (χ4v) is 3.48. The number of nitrogens with one attached hydrogen (secondary N) is 2. The summed E-state index contributed by atoms with van der Waals surface area (Å²) in [5, 5.41) is 6.65. The molecule has 7 heteroatoms. The summed E-state index contributed by atoms with van der Waals surface area (Å²) in [6, 6.07) is 10.6. The molecule has 1 aromatic carbocycles. The minimum Gasteiger partial charge on any atom is -0.459 e. The molecule has 0 fully saturated rings. The number of hydrogen-bond acceptors (Lipinski definition) is 5. The predicted molar refractivity (Wildman–Crippen MR) is 105 cm³/mol. The van der Waals surface area contributed by atoms with Gasteiger partial charge in [0.2, 0.25) is 0 Å². The summed E-state index contributed by atoms with van der Waals surface area (Å²) in [6.45, 7) is 6.32. The minimum absolute atomic E-state index is 0.137. The number of nitrogens with zero attached hydrogens (tertiary/aromatic N) is 1. The lowest BCUT2D eigenvalue weighted by atomic mass is 10.2. The second-order valence-corrected chi connectivity index (χ2v) is 7.47. The molecule has 0 aliphatic rings.